The second kappa shape index (κ2) is 8.68. The first-order valence-electron chi connectivity index (χ1n) is 8.36. The van der Waals surface area contributed by atoms with E-state index < -0.39 is 0 Å². The molecule has 3 aromatic carbocycles. The molecule has 4 heteroatoms. The van der Waals surface area contributed by atoms with Crippen molar-refractivity contribution in [1.29, 1.82) is 0 Å². The number of nitrogens with zero attached hydrogens (tertiary/aromatic N) is 1. The van der Waals surface area contributed by atoms with Crippen LogP contribution in [0.25, 0.3) is 21.5 Å². The monoisotopic (exact) mass is 374 g/mol. The summed E-state index contributed by atoms with van der Waals surface area (Å²) in [7, 11) is 0. The molecule has 0 unspecified atom stereocenters. The van der Waals surface area contributed by atoms with Crippen LogP contribution in [-0.4, -0.2) is 31.1 Å². The van der Waals surface area contributed by atoms with Gasteiger partial charge in [0.25, 0.3) is 0 Å². The Morgan fingerprint density at radius 2 is 1.40 bits per heavy atom. The van der Waals surface area contributed by atoms with E-state index in [0.29, 0.717) is 0 Å². The van der Waals surface area contributed by atoms with E-state index in [1.807, 2.05) is 0 Å². The molecular weight excluding hydrogens is 351 g/mol. The number of benzene rings is 3. The first kappa shape index (κ1) is 19.7. The minimum Gasteiger partial charge on any atom is -0.314 e. The molecule has 2 nitrogen and oxygen atoms in total. The van der Waals surface area contributed by atoms with Crippen LogP contribution in [0, 0.1) is 0 Å². The summed E-state index contributed by atoms with van der Waals surface area (Å²) in [5.74, 6) is 0. The van der Waals surface area contributed by atoms with E-state index in [2.05, 4.69) is 77.5 Å². The molecule has 0 spiro atoms. The van der Waals surface area contributed by atoms with E-state index in [4.69, 9.17) is 0 Å². The Balaban J connectivity index is 0.00000113. The van der Waals surface area contributed by atoms with Crippen LogP contribution in [0.1, 0.15) is 11.6 Å². The zero-order valence-corrected chi connectivity index (χ0v) is 15.8. The zero-order valence-electron chi connectivity index (χ0n) is 14.2. The van der Waals surface area contributed by atoms with Crippen LogP contribution in [-0.2, 0) is 0 Å². The van der Waals surface area contributed by atoms with Crippen LogP contribution in [0.15, 0.2) is 67.3 Å². The Kier molecular flexibility index (Phi) is 6.86. The largest absolute Gasteiger partial charge is 0.314 e. The lowest BCUT2D eigenvalue weighted by Crippen LogP contribution is -2.44. The van der Waals surface area contributed by atoms with Crippen LogP contribution in [0.4, 0.5) is 0 Å². The van der Waals surface area contributed by atoms with Gasteiger partial charge in [-0.2, -0.15) is 0 Å². The first-order valence-corrected chi connectivity index (χ1v) is 8.36. The smallest absolute Gasteiger partial charge is 0.0542 e. The highest BCUT2D eigenvalue weighted by Crippen LogP contribution is 2.36. The normalized spacial score (nSPS) is 16.0. The maximum absolute atomic E-state index is 4.16. The van der Waals surface area contributed by atoms with Crippen molar-refractivity contribution in [1.82, 2.24) is 10.2 Å². The standard InChI is InChI=1S/C21H22N2.2ClH/c1-2-20(23-13-11-22-12-14-23)21-18-9-5-3-7-16(18)15-17-8-4-6-10-19(17)21;;/h2-10,15,20,22H,1,11-14H2;2*1H/t20-;;/m0../s1. The minimum absolute atomic E-state index is 0. The second-order valence-corrected chi connectivity index (χ2v) is 6.20. The average molecular weight is 375 g/mol. The van der Waals surface area contributed by atoms with E-state index >= 15 is 0 Å². The number of piperazine rings is 1. The number of rotatable bonds is 3. The third kappa shape index (κ3) is 3.68. The third-order valence-electron chi connectivity index (χ3n) is 4.88. The van der Waals surface area contributed by atoms with Crippen molar-refractivity contribution in [2.24, 2.45) is 0 Å². The predicted octanol–water partition coefficient (Wildman–Crippen LogP) is 4.97. The summed E-state index contributed by atoms with van der Waals surface area (Å²) in [5.41, 5.74) is 1.40. The molecule has 4 rings (SSSR count). The van der Waals surface area contributed by atoms with Crippen LogP contribution in [0.2, 0.25) is 0 Å². The molecule has 1 aliphatic rings. The van der Waals surface area contributed by atoms with Gasteiger partial charge in [0.05, 0.1) is 6.04 Å². The molecule has 1 N–H and O–H groups in total. The highest BCUT2D eigenvalue weighted by molar-refractivity contribution is 6.02. The van der Waals surface area contributed by atoms with Crippen molar-refractivity contribution in [2.45, 2.75) is 6.04 Å². The summed E-state index contributed by atoms with van der Waals surface area (Å²) in [6, 6.07) is 20.0. The Morgan fingerprint density at radius 1 is 0.880 bits per heavy atom. The summed E-state index contributed by atoms with van der Waals surface area (Å²) < 4.78 is 0. The lowest BCUT2D eigenvalue weighted by Gasteiger charge is -2.34. The Morgan fingerprint density at radius 3 is 1.92 bits per heavy atom. The van der Waals surface area contributed by atoms with Gasteiger partial charge in [-0.1, -0.05) is 54.6 Å². The van der Waals surface area contributed by atoms with E-state index in [9.17, 15) is 0 Å². The lowest BCUT2D eigenvalue weighted by atomic mass is 9.91. The minimum atomic E-state index is 0. The molecule has 0 bridgehead atoms. The summed E-state index contributed by atoms with van der Waals surface area (Å²) in [6.07, 6.45) is 2.11. The van der Waals surface area contributed by atoms with Gasteiger partial charge in [0, 0.05) is 26.2 Å². The fourth-order valence-electron chi connectivity index (χ4n) is 3.78. The van der Waals surface area contributed by atoms with Gasteiger partial charge < -0.3 is 5.32 Å². The Bertz CT molecular complexity index is 803. The molecule has 25 heavy (non-hydrogen) atoms. The highest BCUT2D eigenvalue weighted by atomic mass is 35.5. The highest BCUT2D eigenvalue weighted by Gasteiger charge is 2.23. The van der Waals surface area contributed by atoms with Gasteiger partial charge in [-0.25, -0.2) is 0 Å². The van der Waals surface area contributed by atoms with Crippen LogP contribution < -0.4 is 5.32 Å². The van der Waals surface area contributed by atoms with Crippen molar-refractivity contribution in [3.63, 3.8) is 0 Å². The van der Waals surface area contributed by atoms with Crippen molar-refractivity contribution in [2.75, 3.05) is 26.2 Å². The lowest BCUT2D eigenvalue weighted by molar-refractivity contribution is 0.205. The fourth-order valence-corrected chi connectivity index (χ4v) is 3.78. The molecule has 1 aliphatic heterocycles. The van der Waals surface area contributed by atoms with E-state index in [-0.39, 0.29) is 30.9 Å². The van der Waals surface area contributed by atoms with Crippen LogP contribution in [0.5, 0.6) is 0 Å². The van der Waals surface area contributed by atoms with E-state index in [0.717, 1.165) is 26.2 Å². The summed E-state index contributed by atoms with van der Waals surface area (Å²) in [4.78, 5) is 2.54. The van der Waals surface area contributed by atoms with Crippen LogP contribution >= 0.6 is 24.8 Å². The number of nitrogens with one attached hydrogen (secondary N) is 1. The van der Waals surface area contributed by atoms with Gasteiger partial charge >= 0.3 is 0 Å². The molecule has 0 aromatic heterocycles. The van der Waals surface area contributed by atoms with Gasteiger partial charge in [-0.05, 0) is 33.2 Å². The van der Waals surface area contributed by atoms with Gasteiger partial charge in [0.15, 0.2) is 0 Å². The number of halogens is 2. The molecule has 1 heterocycles. The topological polar surface area (TPSA) is 15.3 Å². The van der Waals surface area contributed by atoms with Crippen molar-refractivity contribution in [3.8, 4) is 0 Å². The van der Waals surface area contributed by atoms with Gasteiger partial charge in [-0.3, -0.25) is 4.90 Å². The zero-order chi connectivity index (χ0) is 15.6. The molecule has 0 amide bonds. The predicted molar refractivity (Wildman–Crippen MR) is 113 cm³/mol. The summed E-state index contributed by atoms with van der Waals surface area (Å²) in [5, 5.41) is 8.75. The van der Waals surface area contributed by atoms with E-state index in [1.165, 1.54) is 27.1 Å². The van der Waals surface area contributed by atoms with Gasteiger partial charge in [-0.15, -0.1) is 31.4 Å². The molecule has 0 aliphatic carbocycles. The Hall–Kier alpha value is -1.58. The van der Waals surface area contributed by atoms with Crippen molar-refractivity contribution >= 4 is 46.4 Å². The molecule has 0 radical (unpaired) electrons. The van der Waals surface area contributed by atoms with Crippen LogP contribution in [0.3, 0.4) is 0 Å². The maximum atomic E-state index is 4.16. The SMILES string of the molecule is C=C[C@@H](c1c2ccccc2cc2ccccc12)N1CCNCC1.Cl.Cl. The summed E-state index contributed by atoms with van der Waals surface area (Å²) >= 11 is 0. The molecule has 0 saturated carbocycles. The average Bonchev–Trinajstić information content (AvgIpc) is 2.62. The number of hydrogen-bond acceptors (Lipinski definition) is 2. The fraction of sp³-hybridized carbons (Fsp3) is 0.238. The molecule has 3 aromatic rings. The maximum Gasteiger partial charge on any atom is 0.0542 e. The van der Waals surface area contributed by atoms with Crippen molar-refractivity contribution in [3.05, 3.63) is 72.8 Å². The Labute approximate surface area is 161 Å². The molecular formula is C21H24Cl2N2. The van der Waals surface area contributed by atoms with Crippen molar-refractivity contribution < 1.29 is 0 Å². The number of fused-ring (bicyclic) bond motifs is 2. The quantitative estimate of drug-likeness (QED) is 0.514. The molecule has 1 atom stereocenters. The number of hydrogen-bond donors (Lipinski definition) is 1. The third-order valence-corrected chi connectivity index (χ3v) is 4.88. The molecule has 1 saturated heterocycles. The molecule has 132 valence electrons. The van der Waals surface area contributed by atoms with Gasteiger partial charge in [0.1, 0.15) is 0 Å². The molecule has 1 fully saturated rings. The second-order valence-electron chi connectivity index (χ2n) is 6.20. The van der Waals surface area contributed by atoms with E-state index in [1.54, 1.807) is 0 Å². The summed E-state index contributed by atoms with van der Waals surface area (Å²) in [6.45, 7) is 8.39. The van der Waals surface area contributed by atoms with Gasteiger partial charge in [0.2, 0.25) is 0 Å². The first-order chi connectivity index (χ1) is 11.4.